The van der Waals surface area contributed by atoms with Gasteiger partial charge >= 0.3 is 5.97 Å². The Morgan fingerprint density at radius 3 is 2.67 bits per heavy atom. The number of aromatic nitrogens is 4. The molecule has 2 aromatic heterocycles. The third-order valence-corrected chi connectivity index (χ3v) is 11.1. The SMILES string of the molecule is CCCC1=C(C(=O)OCC)[C@@H](c2c(OC)ccc3ccccc23)n2c(s/c(=C/c3ccc(Sc4n[nH]c(-c5ccc(Cl)cc5Cl)n4)c([N+](=O)[O-])c3)c2=O)=N1. The molecule has 1 atom stereocenters. The summed E-state index contributed by atoms with van der Waals surface area (Å²) in [6.07, 6.45) is 2.74. The second-order valence-electron chi connectivity index (χ2n) is 12.0. The Kier molecular flexibility index (Phi) is 10.7. The van der Waals surface area contributed by atoms with Crippen LogP contribution in [0.3, 0.4) is 0 Å². The lowest BCUT2D eigenvalue weighted by Crippen LogP contribution is -2.40. The maximum atomic E-state index is 14.5. The third-order valence-electron chi connectivity index (χ3n) is 8.65. The van der Waals surface area contributed by atoms with Crippen LogP contribution in [0.25, 0.3) is 28.2 Å². The number of rotatable bonds is 11. The Labute approximate surface area is 325 Å². The van der Waals surface area contributed by atoms with Gasteiger partial charge in [0.1, 0.15) is 11.8 Å². The van der Waals surface area contributed by atoms with Gasteiger partial charge in [0.25, 0.3) is 11.2 Å². The Hall–Kier alpha value is -5.28. The van der Waals surface area contributed by atoms with E-state index in [1.165, 1.54) is 10.6 Å². The summed E-state index contributed by atoms with van der Waals surface area (Å²) in [6.45, 7) is 3.84. The summed E-state index contributed by atoms with van der Waals surface area (Å²) in [5.41, 5.74) is 1.77. The number of H-pyrrole nitrogens is 1. The molecule has 0 unspecified atom stereocenters. The molecule has 3 heterocycles. The molecular formula is C38H30Cl2N6O6S2. The van der Waals surface area contributed by atoms with E-state index < -0.39 is 22.5 Å². The van der Waals surface area contributed by atoms with Gasteiger partial charge in [0.15, 0.2) is 10.6 Å². The first-order valence-corrected chi connectivity index (χ1v) is 19.1. The maximum Gasteiger partial charge on any atom is 0.338 e. The number of fused-ring (bicyclic) bond motifs is 2. The van der Waals surface area contributed by atoms with Crippen molar-refractivity contribution in [3.8, 4) is 17.1 Å². The summed E-state index contributed by atoms with van der Waals surface area (Å²) in [5.74, 6) is 0.297. The van der Waals surface area contributed by atoms with Gasteiger partial charge in [-0.1, -0.05) is 84.3 Å². The number of nitrogens with zero attached hydrogens (tertiary/aromatic N) is 5. The van der Waals surface area contributed by atoms with Crippen molar-refractivity contribution in [1.82, 2.24) is 19.7 Å². The number of hydrogen-bond acceptors (Lipinski definition) is 11. The molecule has 0 aliphatic carbocycles. The highest BCUT2D eigenvalue weighted by atomic mass is 35.5. The predicted octanol–water partition coefficient (Wildman–Crippen LogP) is 7.89. The van der Waals surface area contributed by atoms with Gasteiger partial charge in [-0.3, -0.25) is 24.6 Å². The second-order valence-corrected chi connectivity index (χ2v) is 14.9. The quantitative estimate of drug-likeness (QED) is 0.0783. The summed E-state index contributed by atoms with van der Waals surface area (Å²) in [7, 11) is 1.54. The third kappa shape index (κ3) is 7.05. The largest absolute Gasteiger partial charge is 0.496 e. The number of carbonyl (C=O) groups excluding carboxylic acids is 1. The van der Waals surface area contributed by atoms with E-state index in [4.69, 9.17) is 37.7 Å². The van der Waals surface area contributed by atoms with Gasteiger partial charge in [0.05, 0.1) is 44.4 Å². The van der Waals surface area contributed by atoms with Crippen molar-refractivity contribution in [3.63, 3.8) is 0 Å². The van der Waals surface area contributed by atoms with Gasteiger partial charge in [-0.25, -0.2) is 14.8 Å². The number of allylic oxidation sites excluding steroid dienone is 1. The van der Waals surface area contributed by atoms with Crippen LogP contribution in [0.1, 0.15) is 43.9 Å². The highest BCUT2D eigenvalue weighted by Gasteiger charge is 2.37. The minimum absolute atomic E-state index is 0.132. The van der Waals surface area contributed by atoms with E-state index in [-0.39, 0.29) is 32.5 Å². The molecular weight excluding hydrogens is 771 g/mol. The van der Waals surface area contributed by atoms with E-state index >= 15 is 0 Å². The highest BCUT2D eigenvalue weighted by Crippen LogP contribution is 2.41. The molecule has 0 spiro atoms. The van der Waals surface area contributed by atoms with Gasteiger partial charge in [-0.15, -0.1) is 5.10 Å². The molecule has 4 aromatic carbocycles. The van der Waals surface area contributed by atoms with Crippen molar-refractivity contribution in [3.05, 3.63) is 135 Å². The lowest BCUT2D eigenvalue weighted by Gasteiger charge is -2.28. The number of thiazole rings is 1. The zero-order valence-electron chi connectivity index (χ0n) is 29.0. The number of benzene rings is 4. The van der Waals surface area contributed by atoms with Crippen molar-refractivity contribution in [2.45, 2.75) is 42.8 Å². The van der Waals surface area contributed by atoms with Gasteiger partial charge in [-0.2, -0.15) is 0 Å². The molecule has 0 amide bonds. The van der Waals surface area contributed by atoms with E-state index in [2.05, 4.69) is 15.2 Å². The molecule has 1 aliphatic rings. The average Bonchev–Trinajstić information content (AvgIpc) is 3.74. The molecule has 0 radical (unpaired) electrons. The molecule has 16 heteroatoms. The number of hydrogen-bond donors (Lipinski definition) is 1. The predicted molar refractivity (Wildman–Crippen MR) is 209 cm³/mol. The van der Waals surface area contributed by atoms with Crippen LogP contribution in [-0.2, 0) is 9.53 Å². The summed E-state index contributed by atoms with van der Waals surface area (Å²) in [6, 6.07) is 20.1. The Bertz CT molecular complexity index is 2690. The van der Waals surface area contributed by atoms with Crippen LogP contribution in [0.4, 0.5) is 5.69 Å². The standard InChI is InChI=1S/C38H30Cl2N6O6S2/c1-4-8-26-32(36(48)52-5-2)33(31-23-10-7-6-9-21(23)12-15-28(31)51-3)45-35(47)30(54-38(45)41-26)18-20-11-16-29(27(17-20)46(49)50)53-37-42-34(43-44-37)24-14-13-22(39)19-25(24)40/h6-7,9-19,33H,4-5,8H2,1-3H3,(H,42,43,44)/b30-18+/t33-/m1/s1. The number of nitro benzene ring substituents is 1. The van der Waals surface area contributed by atoms with Crippen LogP contribution in [0, 0.1) is 10.1 Å². The number of nitrogens with one attached hydrogen (secondary N) is 1. The second kappa shape index (κ2) is 15.6. The van der Waals surface area contributed by atoms with Crippen LogP contribution < -0.4 is 19.6 Å². The molecule has 54 heavy (non-hydrogen) atoms. The van der Waals surface area contributed by atoms with Crippen molar-refractivity contribution < 1.29 is 19.2 Å². The van der Waals surface area contributed by atoms with Crippen molar-refractivity contribution >= 4 is 74.8 Å². The first-order chi connectivity index (χ1) is 26.1. The summed E-state index contributed by atoms with van der Waals surface area (Å²) in [5, 5.41) is 22.1. The fourth-order valence-corrected chi connectivity index (χ4v) is 8.64. The van der Waals surface area contributed by atoms with E-state index in [9.17, 15) is 19.7 Å². The zero-order valence-corrected chi connectivity index (χ0v) is 32.1. The van der Waals surface area contributed by atoms with Gasteiger partial charge in [0, 0.05) is 22.2 Å². The van der Waals surface area contributed by atoms with Crippen molar-refractivity contribution in [2.24, 2.45) is 4.99 Å². The molecule has 0 saturated carbocycles. The molecule has 1 N–H and O–H groups in total. The van der Waals surface area contributed by atoms with Crippen molar-refractivity contribution in [2.75, 3.05) is 13.7 Å². The molecule has 0 saturated heterocycles. The average molecular weight is 802 g/mol. The van der Waals surface area contributed by atoms with E-state index in [0.717, 1.165) is 33.9 Å². The lowest BCUT2D eigenvalue weighted by molar-refractivity contribution is -0.387. The summed E-state index contributed by atoms with van der Waals surface area (Å²) >= 11 is 14.5. The molecule has 1 aliphatic heterocycles. The molecule has 274 valence electrons. The number of nitro groups is 1. The van der Waals surface area contributed by atoms with E-state index in [1.54, 1.807) is 50.4 Å². The number of ether oxygens (including phenoxy) is 2. The number of aromatic amines is 1. The topological polar surface area (TPSA) is 155 Å². The first kappa shape index (κ1) is 37.1. The van der Waals surface area contributed by atoms with Crippen LogP contribution in [0.15, 0.2) is 104 Å². The van der Waals surface area contributed by atoms with Gasteiger partial charge < -0.3 is 9.47 Å². The number of carbonyl (C=O) groups is 1. The van der Waals surface area contributed by atoms with Crippen LogP contribution >= 0.6 is 46.3 Å². The monoisotopic (exact) mass is 800 g/mol. The number of esters is 1. The molecule has 12 nitrogen and oxygen atoms in total. The Balaban J connectivity index is 1.34. The minimum Gasteiger partial charge on any atom is -0.496 e. The maximum absolute atomic E-state index is 14.5. The Morgan fingerprint density at radius 1 is 1.11 bits per heavy atom. The zero-order chi connectivity index (χ0) is 38.1. The van der Waals surface area contributed by atoms with Gasteiger partial charge in [-0.05, 0) is 77.9 Å². The highest BCUT2D eigenvalue weighted by molar-refractivity contribution is 7.99. The molecule has 7 rings (SSSR count). The summed E-state index contributed by atoms with van der Waals surface area (Å²) < 4.78 is 13.2. The fraction of sp³-hybridized carbons (Fsp3) is 0.184. The Morgan fingerprint density at radius 2 is 1.93 bits per heavy atom. The normalized spacial score (nSPS) is 14.2. The fourth-order valence-electron chi connectivity index (χ4n) is 6.33. The minimum atomic E-state index is -0.924. The van der Waals surface area contributed by atoms with E-state index in [1.807, 2.05) is 43.3 Å². The first-order valence-electron chi connectivity index (χ1n) is 16.7. The van der Waals surface area contributed by atoms with Crippen molar-refractivity contribution in [1.29, 1.82) is 0 Å². The summed E-state index contributed by atoms with van der Waals surface area (Å²) in [4.78, 5) is 50.1. The molecule has 0 bridgehead atoms. The van der Waals surface area contributed by atoms with Crippen LogP contribution in [0.2, 0.25) is 10.0 Å². The molecule has 0 fully saturated rings. The van der Waals surface area contributed by atoms with Crippen LogP contribution in [-0.4, -0.2) is 44.4 Å². The smallest absolute Gasteiger partial charge is 0.338 e. The number of methoxy groups -OCH3 is 1. The number of halogens is 2. The van der Waals surface area contributed by atoms with Crippen LogP contribution in [0.5, 0.6) is 5.75 Å². The lowest BCUT2D eigenvalue weighted by atomic mass is 9.90. The molecule has 6 aromatic rings. The van der Waals surface area contributed by atoms with E-state index in [0.29, 0.717) is 61.6 Å². The van der Waals surface area contributed by atoms with Gasteiger partial charge in [0.2, 0.25) is 5.16 Å².